The van der Waals surface area contributed by atoms with E-state index >= 15 is 0 Å². The first-order valence-electron chi connectivity index (χ1n) is 6.17. The van der Waals surface area contributed by atoms with Crippen LogP contribution in [0.1, 0.15) is 15.9 Å². The Morgan fingerprint density at radius 3 is 2.29 bits per heavy atom. The molecule has 0 aromatic heterocycles. The number of carbonyl (C=O) groups is 1. The van der Waals surface area contributed by atoms with Gasteiger partial charge in [-0.2, -0.15) is 13.2 Å². The SMILES string of the molecule is CNc1ccc(C(=O)Nc2ccccc2)cc1C(F)(F)F. The van der Waals surface area contributed by atoms with Crippen molar-refractivity contribution in [3.05, 3.63) is 59.7 Å². The minimum absolute atomic E-state index is 0.0508. The molecule has 21 heavy (non-hydrogen) atoms. The van der Waals surface area contributed by atoms with Crippen LogP contribution in [0.2, 0.25) is 0 Å². The van der Waals surface area contributed by atoms with Gasteiger partial charge in [0, 0.05) is 24.0 Å². The summed E-state index contributed by atoms with van der Waals surface area (Å²) < 4.78 is 38.8. The summed E-state index contributed by atoms with van der Waals surface area (Å²) in [4.78, 5) is 12.0. The quantitative estimate of drug-likeness (QED) is 0.898. The van der Waals surface area contributed by atoms with E-state index < -0.39 is 17.6 Å². The van der Waals surface area contributed by atoms with Gasteiger partial charge in [0.25, 0.3) is 5.91 Å². The van der Waals surface area contributed by atoms with E-state index in [1.165, 1.54) is 19.2 Å². The molecule has 1 amide bonds. The lowest BCUT2D eigenvalue weighted by atomic mass is 10.1. The summed E-state index contributed by atoms with van der Waals surface area (Å²) in [7, 11) is 1.40. The van der Waals surface area contributed by atoms with E-state index in [2.05, 4.69) is 10.6 Å². The van der Waals surface area contributed by atoms with E-state index in [9.17, 15) is 18.0 Å². The zero-order chi connectivity index (χ0) is 15.5. The van der Waals surface area contributed by atoms with Gasteiger partial charge in [0.05, 0.1) is 5.56 Å². The van der Waals surface area contributed by atoms with E-state index in [4.69, 9.17) is 0 Å². The molecular formula is C15H13F3N2O. The number of amides is 1. The van der Waals surface area contributed by atoms with Crippen molar-refractivity contribution < 1.29 is 18.0 Å². The van der Waals surface area contributed by atoms with Crippen LogP contribution in [0.15, 0.2) is 48.5 Å². The molecule has 110 valence electrons. The number of hydrogen-bond donors (Lipinski definition) is 2. The predicted molar refractivity (Wildman–Crippen MR) is 75.4 cm³/mol. The average molecular weight is 294 g/mol. The van der Waals surface area contributed by atoms with Crippen molar-refractivity contribution in [1.82, 2.24) is 0 Å². The molecule has 0 atom stereocenters. The number of alkyl halides is 3. The molecule has 0 heterocycles. The second-order valence-corrected chi connectivity index (χ2v) is 4.33. The van der Waals surface area contributed by atoms with E-state index in [0.29, 0.717) is 5.69 Å². The van der Waals surface area contributed by atoms with Crippen molar-refractivity contribution in [2.45, 2.75) is 6.18 Å². The fourth-order valence-corrected chi connectivity index (χ4v) is 1.86. The van der Waals surface area contributed by atoms with Crippen molar-refractivity contribution in [3.63, 3.8) is 0 Å². The van der Waals surface area contributed by atoms with Crippen LogP contribution in [0.25, 0.3) is 0 Å². The number of para-hydroxylation sites is 1. The molecule has 2 aromatic rings. The molecule has 2 aromatic carbocycles. The Morgan fingerprint density at radius 2 is 1.71 bits per heavy atom. The summed E-state index contributed by atoms with van der Waals surface area (Å²) in [5.74, 6) is -0.589. The lowest BCUT2D eigenvalue weighted by Crippen LogP contribution is -2.15. The third kappa shape index (κ3) is 3.53. The molecule has 0 radical (unpaired) electrons. The zero-order valence-corrected chi connectivity index (χ0v) is 11.2. The van der Waals surface area contributed by atoms with Gasteiger partial charge in [-0.25, -0.2) is 0 Å². The van der Waals surface area contributed by atoms with Crippen LogP contribution in [0.5, 0.6) is 0 Å². The molecule has 2 N–H and O–H groups in total. The highest BCUT2D eigenvalue weighted by Gasteiger charge is 2.34. The monoisotopic (exact) mass is 294 g/mol. The molecule has 0 unspecified atom stereocenters. The molecule has 0 saturated heterocycles. The minimum atomic E-state index is -4.53. The predicted octanol–water partition coefficient (Wildman–Crippen LogP) is 4.00. The Morgan fingerprint density at radius 1 is 1.05 bits per heavy atom. The third-order valence-corrected chi connectivity index (χ3v) is 2.89. The maximum Gasteiger partial charge on any atom is 0.418 e. The molecule has 0 spiro atoms. The maximum absolute atomic E-state index is 12.9. The Labute approximate surface area is 119 Å². The largest absolute Gasteiger partial charge is 0.418 e. The highest BCUT2D eigenvalue weighted by Crippen LogP contribution is 2.35. The minimum Gasteiger partial charge on any atom is -0.388 e. The van der Waals surface area contributed by atoms with Gasteiger partial charge in [-0.1, -0.05) is 18.2 Å². The van der Waals surface area contributed by atoms with Gasteiger partial charge in [0.1, 0.15) is 0 Å². The summed E-state index contributed by atoms with van der Waals surface area (Å²) >= 11 is 0. The van der Waals surface area contributed by atoms with Gasteiger partial charge in [-0.15, -0.1) is 0 Å². The fraction of sp³-hybridized carbons (Fsp3) is 0.133. The molecule has 0 bridgehead atoms. The zero-order valence-electron chi connectivity index (χ0n) is 11.2. The molecule has 3 nitrogen and oxygen atoms in total. The summed E-state index contributed by atoms with van der Waals surface area (Å²) in [5, 5.41) is 5.01. The van der Waals surface area contributed by atoms with Crippen LogP contribution in [-0.2, 0) is 6.18 Å². The second kappa shape index (κ2) is 5.87. The molecule has 0 aliphatic carbocycles. The summed E-state index contributed by atoms with van der Waals surface area (Å²) in [6.07, 6.45) is -4.53. The van der Waals surface area contributed by atoms with Crippen molar-refractivity contribution in [2.75, 3.05) is 17.7 Å². The van der Waals surface area contributed by atoms with Crippen LogP contribution in [-0.4, -0.2) is 13.0 Å². The van der Waals surface area contributed by atoms with Gasteiger partial charge in [0.2, 0.25) is 0 Å². The highest BCUT2D eigenvalue weighted by molar-refractivity contribution is 6.04. The summed E-state index contributed by atoms with van der Waals surface area (Å²) in [6, 6.07) is 12.0. The van der Waals surface area contributed by atoms with Crippen molar-refractivity contribution in [3.8, 4) is 0 Å². The molecule has 0 fully saturated rings. The van der Waals surface area contributed by atoms with E-state index in [1.54, 1.807) is 30.3 Å². The van der Waals surface area contributed by atoms with Gasteiger partial charge in [-0.3, -0.25) is 4.79 Å². The molecule has 0 saturated carbocycles. The number of nitrogens with one attached hydrogen (secondary N) is 2. The lowest BCUT2D eigenvalue weighted by molar-refractivity contribution is -0.136. The smallest absolute Gasteiger partial charge is 0.388 e. The lowest BCUT2D eigenvalue weighted by Gasteiger charge is -2.14. The fourth-order valence-electron chi connectivity index (χ4n) is 1.86. The number of halogens is 3. The van der Waals surface area contributed by atoms with Crippen LogP contribution < -0.4 is 10.6 Å². The van der Waals surface area contributed by atoms with Gasteiger partial charge >= 0.3 is 6.18 Å². The number of hydrogen-bond acceptors (Lipinski definition) is 2. The first kappa shape index (κ1) is 14.9. The molecular weight excluding hydrogens is 281 g/mol. The van der Waals surface area contributed by atoms with Crippen LogP contribution in [0.3, 0.4) is 0 Å². The number of benzene rings is 2. The molecule has 0 aliphatic rings. The Balaban J connectivity index is 2.30. The van der Waals surface area contributed by atoms with Crippen LogP contribution in [0.4, 0.5) is 24.5 Å². The maximum atomic E-state index is 12.9. The normalized spacial score (nSPS) is 11.0. The van der Waals surface area contributed by atoms with Crippen molar-refractivity contribution >= 4 is 17.3 Å². The van der Waals surface area contributed by atoms with Crippen LogP contribution in [0, 0.1) is 0 Å². The van der Waals surface area contributed by atoms with E-state index in [-0.39, 0.29) is 11.3 Å². The Hall–Kier alpha value is -2.50. The number of anilines is 2. The van der Waals surface area contributed by atoms with Crippen molar-refractivity contribution in [1.29, 1.82) is 0 Å². The number of carbonyl (C=O) groups excluding carboxylic acids is 1. The number of rotatable bonds is 3. The molecule has 0 aliphatic heterocycles. The third-order valence-electron chi connectivity index (χ3n) is 2.89. The summed E-state index contributed by atoms with van der Waals surface area (Å²) in [6.45, 7) is 0. The van der Waals surface area contributed by atoms with E-state index in [1.807, 2.05) is 0 Å². The topological polar surface area (TPSA) is 41.1 Å². The second-order valence-electron chi connectivity index (χ2n) is 4.33. The Kier molecular flexibility index (Phi) is 4.16. The van der Waals surface area contributed by atoms with Gasteiger partial charge < -0.3 is 10.6 Å². The standard InChI is InChI=1S/C15H13F3N2O/c1-19-13-8-7-10(9-12(13)15(16,17)18)14(21)20-11-5-3-2-4-6-11/h2-9,19H,1H3,(H,20,21). The van der Waals surface area contributed by atoms with E-state index in [0.717, 1.165) is 6.07 Å². The summed E-state index contributed by atoms with van der Waals surface area (Å²) in [5.41, 5.74) is -0.469. The van der Waals surface area contributed by atoms with Crippen LogP contribution >= 0.6 is 0 Å². The first-order chi connectivity index (χ1) is 9.91. The highest BCUT2D eigenvalue weighted by atomic mass is 19.4. The van der Waals surface area contributed by atoms with Crippen molar-refractivity contribution in [2.24, 2.45) is 0 Å². The first-order valence-corrected chi connectivity index (χ1v) is 6.17. The average Bonchev–Trinajstić information content (AvgIpc) is 2.46. The molecule has 2 rings (SSSR count). The van der Waals surface area contributed by atoms with Gasteiger partial charge in [0.15, 0.2) is 0 Å². The molecule has 6 heteroatoms. The Bertz CT molecular complexity index is 639. The van der Waals surface area contributed by atoms with Gasteiger partial charge in [-0.05, 0) is 30.3 Å².